The third-order valence-corrected chi connectivity index (χ3v) is 1.47. The Morgan fingerprint density at radius 2 is 1.91 bits per heavy atom. The summed E-state index contributed by atoms with van der Waals surface area (Å²) in [6.07, 6.45) is 1.13. The molecule has 0 aliphatic heterocycles. The molecule has 0 aliphatic rings. The van der Waals surface area contributed by atoms with Crippen LogP contribution in [0.5, 0.6) is 0 Å². The second-order valence-electron chi connectivity index (χ2n) is 2.83. The van der Waals surface area contributed by atoms with Crippen LogP contribution < -0.4 is 0 Å². The molecule has 0 rings (SSSR count). The van der Waals surface area contributed by atoms with Crippen molar-refractivity contribution in [3.63, 3.8) is 0 Å². The van der Waals surface area contributed by atoms with Crippen LogP contribution in [0.25, 0.3) is 0 Å². The van der Waals surface area contributed by atoms with Crippen molar-refractivity contribution in [2.75, 3.05) is 13.2 Å². The van der Waals surface area contributed by atoms with E-state index in [-0.39, 0.29) is 18.8 Å². The van der Waals surface area contributed by atoms with Gasteiger partial charge in [0.25, 0.3) is 0 Å². The molecule has 68 valence electrons. The largest absolute Gasteiger partial charge is 0.396 e. The van der Waals surface area contributed by atoms with Crippen LogP contribution in [0.15, 0.2) is 0 Å². The van der Waals surface area contributed by atoms with E-state index in [1.807, 2.05) is 6.92 Å². The highest BCUT2D eigenvalue weighted by Crippen LogP contribution is 1.98. The van der Waals surface area contributed by atoms with Gasteiger partial charge in [0.05, 0.1) is 12.2 Å². The van der Waals surface area contributed by atoms with Crippen LogP contribution in [0, 0.1) is 0 Å². The molecule has 0 bridgehead atoms. The minimum atomic E-state index is -0.295. The lowest BCUT2D eigenvalue weighted by Crippen LogP contribution is -2.13. The van der Waals surface area contributed by atoms with Crippen molar-refractivity contribution >= 4 is 0 Å². The van der Waals surface area contributed by atoms with Gasteiger partial charge in [0.15, 0.2) is 0 Å². The maximum absolute atomic E-state index is 8.87. The van der Waals surface area contributed by atoms with E-state index in [1.165, 1.54) is 0 Å². The topological polar surface area (TPSA) is 49.7 Å². The zero-order valence-corrected chi connectivity index (χ0v) is 7.29. The number of rotatable bonds is 6. The molecule has 0 aromatic carbocycles. The molecule has 0 spiro atoms. The standard InChI is InChI=1S/C8H18O3/c1-7(10)4-6-11-8(2)3-5-9/h7-10H,3-6H2,1-2H3/t7-,8-/m1/s1. The smallest absolute Gasteiger partial charge is 0.0568 e. The van der Waals surface area contributed by atoms with E-state index in [0.29, 0.717) is 19.4 Å². The van der Waals surface area contributed by atoms with Gasteiger partial charge in [0.2, 0.25) is 0 Å². The maximum Gasteiger partial charge on any atom is 0.0568 e. The summed E-state index contributed by atoms with van der Waals surface area (Å²) in [5, 5.41) is 17.4. The van der Waals surface area contributed by atoms with Crippen molar-refractivity contribution in [1.29, 1.82) is 0 Å². The first-order chi connectivity index (χ1) is 5.16. The van der Waals surface area contributed by atoms with Crippen LogP contribution in [0.3, 0.4) is 0 Å². The Balaban J connectivity index is 3.10. The summed E-state index contributed by atoms with van der Waals surface area (Å²) in [6.45, 7) is 4.38. The Kier molecular flexibility index (Phi) is 6.51. The van der Waals surface area contributed by atoms with Crippen molar-refractivity contribution < 1.29 is 14.9 Å². The fraction of sp³-hybridized carbons (Fsp3) is 1.00. The molecule has 3 nitrogen and oxygen atoms in total. The van der Waals surface area contributed by atoms with Crippen LogP contribution in [0.1, 0.15) is 26.7 Å². The number of ether oxygens (including phenoxy) is 1. The highest BCUT2D eigenvalue weighted by atomic mass is 16.5. The minimum absolute atomic E-state index is 0.0961. The van der Waals surface area contributed by atoms with Crippen molar-refractivity contribution in [3.05, 3.63) is 0 Å². The second-order valence-corrected chi connectivity index (χ2v) is 2.83. The molecule has 11 heavy (non-hydrogen) atoms. The summed E-state index contributed by atoms with van der Waals surface area (Å²) in [6, 6.07) is 0. The molecule has 0 saturated carbocycles. The van der Waals surface area contributed by atoms with Gasteiger partial charge in [-0.2, -0.15) is 0 Å². The lowest BCUT2D eigenvalue weighted by atomic mass is 10.3. The predicted molar refractivity (Wildman–Crippen MR) is 43.4 cm³/mol. The second kappa shape index (κ2) is 6.58. The Morgan fingerprint density at radius 1 is 1.27 bits per heavy atom. The molecular formula is C8H18O3. The Hall–Kier alpha value is -0.120. The molecule has 0 aliphatic carbocycles. The maximum atomic E-state index is 8.87. The van der Waals surface area contributed by atoms with Gasteiger partial charge in [-0.3, -0.25) is 0 Å². The molecular weight excluding hydrogens is 144 g/mol. The molecule has 0 saturated heterocycles. The van der Waals surface area contributed by atoms with Crippen molar-refractivity contribution in [1.82, 2.24) is 0 Å². The molecule has 0 fully saturated rings. The van der Waals surface area contributed by atoms with Crippen molar-refractivity contribution in [2.45, 2.75) is 38.9 Å². The van der Waals surface area contributed by atoms with Crippen LogP contribution in [-0.4, -0.2) is 35.6 Å². The molecule has 0 unspecified atom stereocenters. The Bertz CT molecular complexity index is 83.4. The third kappa shape index (κ3) is 7.78. The summed E-state index contributed by atoms with van der Waals surface area (Å²) < 4.78 is 5.27. The van der Waals surface area contributed by atoms with Gasteiger partial charge in [0.1, 0.15) is 0 Å². The zero-order valence-electron chi connectivity index (χ0n) is 7.29. The van der Waals surface area contributed by atoms with Crippen LogP contribution in [0.2, 0.25) is 0 Å². The fourth-order valence-electron chi connectivity index (χ4n) is 0.705. The van der Waals surface area contributed by atoms with Gasteiger partial charge in [-0.25, -0.2) is 0 Å². The van der Waals surface area contributed by atoms with E-state index in [1.54, 1.807) is 6.92 Å². The lowest BCUT2D eigenvalue weighted by Gasteiger charge is -2.11. The van der Waals surface area contributed by atoms with Gasteiger partial charge in [-0.05, 0) is 26.7 Å². The van der Waals surface area contributed by atoms with Crippen LogP contribution >= 0.6 is 0 Å². The normalized spacial score (nSPS) is 16.4. The number of aliphatic hydroxyl groups is 2. The third-order valence-electron chi connectivity index (χ3n) is 1.47. The SMILES string of the molecule is C[C@H](CCO)OCC[C@@H](C)O. The van der Waals surface area contributed by atoms with Crippen LogP contribution in [-0.2, 0) is 4.74 Å². The molecule has 0 aromatic rings. The van der Waals surface area contributed by atoms with E-state index in [4.69, 9.17) is 14.9 Å². The zero-order chi connectivity index (χ0) is 8.69. The van der Waals surface area contributed by atoms with E-state index >= 15 is 0 Å². The van der Waals surface area contributed by atoms with E-state index in [0.717, 1.165) is 0 Å². The summed E-state index contributed by atoms with van der Waals surface area (Å²) in [7, 11) is 0. The number of hydrogen-bond acceptors (Lipinski definition) is 3. The molecule has 2 atom stereocenters. The molecule has 3 heteroatoms. The summed E-state index contributed by atoms with van der Waals surface area (Å²) in [5.41, 5.74) is 0. The highest BCUT2D eigenvalue weighted by molar-refractivity contribution is 4.50. The quantitative estimate of drug-likeness (QED) is 0.599. The van der Waals surface area contributed by atoms with Gasteiger partial charge >= 0.3 is 0 Å². The Morgan fingerprint density at radius 3 is 2.36 bits per heavy atom. The minimum Gasteiger partial charge on any atom is -0.396 e. The first-order valence-corrected chi connectivity index (χ1v) is 4.07. The van der Waals surface area contributed by atoms with Crippen molar-refractivity contribution in [3.8, 4) is 0 Å². The van der Waals surface area contributed by atoms with Gasteiger partial charge < -0.3 is 14.9 Å². The lowest BCUT2D eigenvalue weighted by molar-refractivity contribution is 0.0286. The van der Waals surface area contributed by atoms with Gasteiger partial charge in [0, 0.05) is 13.2 Å². The molecule has 2 N–H and O–H groups in total. The Labute approximate surface area is 68.0 Å². The molecule has 0 heterocycles. The van der Waals surface area contributed by atoms with Crippen LogP contribution in [0.4, 0.5) is 0 Å². The highest BCUT2D eigenvalue weighted by Gasteiger charge is 2.01. The van der Waals surface area contributed by atoms with E-state index in [9.17, 15) is 0 Å². The summed E-state index contributed by atoms with van der Waals surface area (Å²) in [4.78, 5) is 0. The van der Waals surface area contributed by atoms with Gasteiger partial charge in [-0.15, -0.1) is 0 Å². The number of hydrogen-bond donors (Lipinski definition) is 2. The predicted octanol–water partition coefficient (Wildman–Crippen LogP) is 0.545. The van der Waals surface area contributed by atoms with Crippen molar-refractivity contribution in [2.24, 2.45) is 0 Å². The summed E-state index contributed by atoms with van der Waals surface area (Å²) in [5.74, 6) is 0. The fourth-order valence-corrected chi connectivity index (χ4v) is 0.705. The summed E-state index contributed by atoms with van der Waals surface area (Å²) >= 11 is 0. The molecule has 0 aromatic heterocycles. The first kappa shape index (κ1) is 10.9. The molecule has 0 amide bonds. The van der Waals surface area contributed by atoms with Gasteiger partial charge in [-0.1, -0.05) is 0 Å². The van der Waals surface area contributed by atoms with E-state index in [2.05, 4.69) is 0 Å². The van der Waals surface area contributed by atoms with E-state index < -0.39 is 0 Å². The monoisotopic (exact) mass is 162 g/mol. The average Bonchev–Trinajstić information content (AvgIpc) is 1.87. The number of aliphatic hydroxyl groups excluding tert-OH is 2. The molecule has 0 radical (unpaired) electrons. The first-order valence-electron chi connectivity index (χ1n) is 4.07. The average molecular weight is 162 g/mol.